The molecule has 0 fully saturated rings. The van der Waals surface area contributed by atoms with Crippen LogP contribution in [0.4, 0.5) is 10.2 Å². The Labute approximate surface area is 173 Å². The standard InChI is InChI=1S/C21H22FN7O/c1-24-11-3-5-17-16(12-23)20(27-26-17)25-21(30)19-15-4-2-6-18(15)29(28-19)14-9-7-13(22)8-10-14/h7-10,24H,2-6,11H2,1H3,(H2,25,26,27,30). The summed E-state index contributed by atoms with van der Waals surface area (Å²) in [5, 5.41) is 26.8. The Balaban J connectivity index is 1.60. The van der Waals surface area contributed by atoms with Gasteiger partial charge in [-0.2, -0.15) is 15.5 Å². The number of aryl methyl sites for hydroxylation is 1. The summed E-state index contributed by atoms with van der Waals surface area (Å²) >= 11 is 0. The van der Waals surface area contributed by atoms with Crippen molar-refractivity contribution >= 4 is 11.7 Å². The summed E-state index contributed by atoms with van der Waals surface area (Å²) in [5.41, 5.74) is 3.91. The first-order chi connectivity index (χ1) is 14.6. The fourth-order valence-electron chi connectivity index (χ4n) is 3.79. The van der Waals surface area contributed by atoms with Crippen molar-refractivity contribution in [2.45, 2.75) is 32.1 Å². The van der Waals surface area contributed by atoms with Crippen LogP contribution in [0.5, 0.6) is 0 Å². The number of carbonyl (C=O) groups excluding carboxylic acids is 1. The largest absolute Gasteiger partial charge is 0.320 e. The molecule has 2 aromatic heterocycles. The highest BCUT2D eigenvalue weighted by Crippen LogP contribution is 2.28. The average molecular weight is 407 g/mol. The number of fused-ring (bicyclic) bond motifs is 1. The summed E-state index contributed by atoms with van der Waals surface area (Å²) in [5.74, 6) is -0.516. The van der Waals surface area contributed by atoms with Crippen LogP contribution >= 0.6 is 0 Å². The van der Waals surface area contributed by atoms with E-state index in [1.54, 1.807) is 16.8 Å². The molecule has 0 saturated heterocycles. The van der Waals surface area contributed by atoms with Gasteiger partial charge in [-0.25, -0.2) is 9.07 Å². The highest BCUT2D eigenvalue weighted by molar-refractivity contribution is 6.04. The molecule has 0 aliphatic heterocycles. The van der Waals surface area contributed by atoms with E-state index >= 15 is 0 Å². The summed E-state index contributed by atoms with van der Waals surface area (Å²) in [4.78, 5) is 13.0. The van der Waals surface area contributed by atoms with Gasteiger partial charge in [0.1, 0.15) is 17.4 Å². The van der Waals surface area contributed by atoms with E-state index in [1.807, 2.05) is 7.05 Å². The van der Waals surface area contributed by atoms with Crippen LogP contribution in [0.15, 0.2) is 24.3 Å². The van der Waals surface area contributed by atoms with Gasteiger partial charge in [-0.15, -0.1) is 0 Å². The van der Waals surface area contributed by atoms with Crippen molar-refractivity contribution in [2.24, 2.45) is 0 Å². The van der Waals surface area contributed by atoms with E-state index in [0.717, 1.165) is 43.5 Å². The zero-order valence-corrected chi connectivity index (χ0v) is 16.6. The summed E-state index contributed by atoms with van der Waals surface area (Å²) < 4.78 is 15.0. The van der Waals surface area contributed by atoms with Crippen LogP contribution in [0.3, 0.4) is 0 Å². The molecule has 4 rings (SSSR count). The normalized spacial score (nSPS) is 12.6. The number of hydrogen-bond acceptors (Lipinski definition) is 5. The Morgan fingerprint density at radius 2 is 2.13 bits per heavy atom. The van der Waals surface area contributed by atoms with Crippen molar-refractivity contribution in [3.63, 3.8) is 0 Å². The fraction of sp³-hybridized carbons (Fsp3) is 0.333. The third kappa shape index (κ3) is 3.69. The number of nitrogens with zero attached hydrogens (tertiary/aromatic N) is 4. The number of hydrogen-bond donors (Lipinski definition) is 3. The zero-order valence-electron chi connectivity index (χ0n) is 16.6. The summed E-state index contributed by atoms with van der Waals surface area (Å²) in [7, 11) is 1.87. The molecule has 0 spiro atoms. The first-order valence-electron chi connectivity index (χ1n) is 9.92. The first kappa shape index (κ1) is 19.8. The number of aromatic nitrogens is 4. The minimum atomic E-state index is -0.404. The molecule has 30 heavy (non-hydrogen) atoms. The maximum atomic E-state index is 13.3. The molecule has 1 aliphatic rings. The van der Waals surface area contributed by atoms with Crippen molar-refractivity contribution in [2.75, 3.05) is 18.9 Å². The molecule has 1 aliphatic carbocycles. The number of amides is 1. The van der Waals surface area contributed by atoms with Gasteiger partial charge in [0, 0.05) is 11.3 Å². The van der Waals surface area contributed by atoms with Crippen LogP contribution in [-0.2, 0) is 19.3 Å². The molecule has 0 radical (unpaired) electrons. The predicted molar refractivity (Wildman–Crippen MR) is 109 cm³/mol. The number of H-pyrrole nitrogens is 1. The van der Waals surface area contributed by atoms with Gasteiger partial charge in [-0.05, 0) is 70.0 Å². The number of aromatic amines is 1. The second-order valence-electron chi connectivity index (χ2n) is 7.21. The lowest BCUT2D eigenvalue weighted by atomic mass is 10.1. The van der Waals surface area contributed by atoms with Gasteiger partial charge >= 0.3 is 0 Å². The topological polar surface area (TPSA) is 111 Å². The predicted octanol–water partition coefficient (Wildman–Crippen LogP) is 2.50. The molecule has 9 heteroatoms. The van der Waals surface area contributed by atoms with Crippen LogP contribution < -0.4 is 10.6 Å². The number of rotatable bonds is 7. The number of carbonyl (C=O) groups is 1. The Kier molecular flexibility index (Phi) is 5.59. The lowest BCUT2D eigenvalue weighted by Crippen LogP contribution is -2.16. The van der Waals surface area contributed by atoms with Gasteiger partial charge < -0.3 is 10.6 Å². The smallest absolute Gasteiger partial charge is 0.277 e. The van der Waals surface area contributed by atoms with E-state index in [1.165, 1.54) is 12.1 Å². The van der Waals surface area contributed by atoms with Crippen LogP contribution in [0.2, 0.25) is 0 Å². The Morgan fingerprint density at radius 3 is 2.87 bits per heavy atom. The Morgan fingerprint density at radius 1 is 1.33 bits per heavy atom. The monoisotopic (exact) mass is 407 g/mol. The second-order valence-corrected chi connectivity index (χ2v) is 7.21. The van der Waals surface area contributed by atoms with E-state index in [2.05, 4.69) is 32.0 Å². The van der Waals surface area contributed by atoms with Gasteiger partial charge in [0.05, 0.1) is 11.4 Å². The zero-order chi connectivity index (χ0) is 21.1. The number of halogens is 1. The summed E-state index contributed by atoms with van der Waals surface area (Å²) in [6.45, 7) is 0.818. The molecule has 0 saturated carbocycles. The maximum Gasteiger partial charge on any atom is 0.277 e. The molecule has 8 nitrogen and oxygen atoms in total. The number of nitrogens with one attached hydrogen (secondary N) is 3. The van der Waals surface area contributed by atoms with Crippen molar-refractivity contribution in [1.29, 1.82) is 5.26 Å². The molecule has 0 bridgehead atoms. The highest BCUT2D eigenvalue weighted by Gasteiger charge is 2.28. The minimum absolute atomic E-state index is 0.213. The fourth-order valence-corrected chi connectivity index (χ4v) is 3.79. The van der Waals surface area contributed by atoms with Crippen LogP contribution in [-0.4, -0.2) is 39.5 Å². The molecule has 3 N–H and O–H groups in total. The van der Waals surface area contributed by atoms with Crippen molar-refractivity contribution in [1.82, 2.24) is 25.3 Å². The minimum Gasteiger partial charge on any atom is -0.320 e. The first-order valence-corrected chi connectivity index (χ1v) is 9.92. The summed E-state index contributed by atoms with van der Waals surface area (Å²) in [6, 6.07) is 8.15. The van der Waals surface area contributed by atoms with Crippen molar-refractivity contribution in [3.8, 4) is 11.8 Å². The molecule has 1 amide bonds. The lowest BCUT2D eigenvalue weighted by molar-refractivity contribution is 0.102. The van der Waals surface area contributed by atoms with Gasteiger partial charge in [0.25, 0.3) is 5.91 Å². The molecular formula is C21H22FN7O. The molecule has 0 unspecified atom stereocenters. The highest BCUT2D eigenvalue weighted by atomic mass is 19.1. The number of nitriles is 1. The van der Waals surface area contributed by atoms with Crippen LogP contribution in [0.1, 0.15) is 45.8 Å². The van der Waals surface area contributed by atoms with Crippen molar-refractivity contribution < 1.29 is 9.18 Å². The Bertz CT molecular complexity index is 1110. The van der Waals surface area contributed by atoms with E-state index in [0.29, 0.717) is 29.1 Å². The van der Waals surface area contributed by atoms with Gasteiger partial charge in [0.2, 0.25) is 0 Å². The van der Waals surface area contributed by atoms with E-state index in [9.17, 15) is 14.4 Å². The SMILES string of the molecule is CNCCCc1[nH]nc(NC(=O)c2nn(-c3ccc(F)cc3)c3c2CCC3)c1C#N. The van der Waals surface area contributed by atoms with E-state index in [4.69, 9.17) is 0 Å². The van der Waals surface area contributed by atoms with Gasteiger partial charge in [-0.1, -0.05) is 0 Å². The number of anilines is 1. The van der Waals surface area contributed by atoms with Crippen LogP contribution in [0, 0.1) is 17.1 Å². The molecule has 0 atom stereocenters. The summed E-state index contributed by atoms with van der Waals surface area (Å²) in [6.07, 6.45) is 3.97. The molecule has 2 heterocycles. The van der Waals surface area contributed by atoms with E-state index < -0.39 is 5.91 Å². The lowest BCUT2D eigenvalue weighted by Gasteiger charge is -2.05. The molecule has 1 aromatic carbocycles. The van der Waals surface area contributed by atoms with E-state index in [-0.39, 0.29) is 11.6 Å². The Hall–Kier alpha value is -3.51. The quantitative estimate of drug-likeness (QED) is 0.521. The third-order valence-corrected chi connectivity index (χ3v) is 5.26. The molecule has 3 aromatic rings. The second kappa shape index (κ2) is 8.47. The molecule has 154 valence electrons. The van der Waals surface area contributed by atoms with Crippen LogP contribution in [0.25, 0.3) is 5.69 Å². The maximum absolute atomic E-state index is 13.3. The molecular weight excluding hydrogens is 385 g/mol. The van der Waals surface area contributed by atoms with Gasteiger partial charge in [-0.3, -0.25) is 9.89 Å². The van der Waals surface area contributed by atoms with Gasteiger partial charge in [0.15, 0.2) is 11.5 Å². The average Bonchev–Trinajstić information content (AvgIpc) is 3.44. The number of benzene rings is 1. The third-order valence-electron chi connectivity index (χ3n) is 5.26. The van der Waals surface area contributed by atoms with Crippen molar-refractivity contribution in [3.05, 3.63) is 58.3 Å².